The molecule has 0 atom stereocenters. The minimum atomic E-state index is -0.210. The van der Waals surface area contributed by atoms with Crippen LogP contribution >= 0.6 is 0 Å². The molecule has 122 valence electrons. The van der Waals surface area contributed by atoms with Crippen molar-refractivity contribution in [1.82, 2.24) is 0 Å². The third-order valence-corrected chi connectivity index (χ3v) is 4.21. The zero-order valence-corrected chi connectivity index (χ0v) is 13.6. The predicted molar refractivity (Wildman–Crippen MR) is 88.5 cm³/mol. The van der Waals surface area contributed by atoms with Crippen LogP contribution in [0.1, 0.15) is 35.1 Å². The van der Waals surface area contributed by atoms with Gasteiger partial charge < -0.3 is 4.79 Å². The van der Waals surface area contributed by atoms with E-state index in [0.29, 0.717) is 36.8 Å². The molecule has 0 fully saturated rings. The topological polar surface area (TPSA) is 17.1 Å². The van der Waals surface area contributed by atoms with Gasteiger partial charge >= 0.3 is 0 Å². The molecule has 23 heavy (non-hydrogen) atoms. The molecule has 2 aromatic carbocycles. The molecule has 0 radical (unpaired) electrons. The van der Waals surface area contributed by atoms with Gasteiger partial charge in [0.05, 0.1) is 0 Å². The summed E-state index contributed by atoms with van der Waals surface area (Å²) in [6.45, 7) is 3.47. The Bertz CT molecular complexity index is 626. The van der Waals surface area contributed by atoms with Crippen molar-refractivity contribution in [2.75, 3.05) is 0 Å². The van der Waals surface area contributed by atoms with Crippen molar-refractivity contribution in [1.29, 1.82) is 0 Å². The molecule has 0 saturated heterocycles. The molecule has 0 saturated carbocycles. The van der Waals surface area contributed by atoms with Gasteiger partial charge in [0.15, 0.2) is 0 Å². The van der Waals surface area contributed by atoms with Crippen LogP contribution in [0.5, 0.6) is 0 Å². The van der Waals surface area contributed by atoms with E-state index in [0.717, 1.165) is 17.4 Å². The van der Waals surface area contributed by atoms with E-state index in [-0.39, 0.29) is 17.6 Å². The van der Waals surface area contributed by atoms with E-state index in [1.807, 2.05) is 12.1 Å². The fourth-order valence-corrected chi connectivity index (χ4v) is 2.77. The second-order valence-electron chi connectivity index (χ2n) is 6.19. The lowest BCUT2D eigenvalue weighted by Gasteiger charge is -2.17. The number of carbonyl (C=O) groups excluding carboxylic acids is 1. The number of hydrogen-bond donors (Lipinski definition) is 0. The summed E-state index contributed by atoms with van der Waals surface area (Å²) in [6.07, 6.45) is 3.45. The van der Waals surface area contributed by atoms with Crippen molar-refractivity contribution in [3.8, 4) is 0 Å². The summed E-state index contributed by atoms with van der Waals surface area (Å²) in [4.78, 5) is 10.7. The molecule has 0 aliphatic heterocycles. The monoisotopic (exact) mass is 316 g/mol. The molecule has 0 N–H and O–H groups in total. The minimum absolute atomic E-state index is 0.185. The van der Waals surface area contributed by atoms with Gasteiger partial charge in [0.25, 0.3) is 0 Å². The SMILES string of the molecule is Cc1ccc(CC(CCC=O)Cc2ccc(C)c(F)c2)cc1F. The zero-order valence-electron chi connectivity index (χ0n) is 13.6. The first-order valence-corrected chi connectivity index (χ1v) is 7.93. The van der Waals surface area contributed by atoms with Crippen LogP contribution in [0.3, 0.4) is 0 Å². The highest BCUT2D eigenvalue weighted by molar-refractivity contribution is 5.49. The van der Waals surface area contributed by atoms with E-state index < -0.39 is 0 Å². The van der Waals surface area contributed by atoms with E-state index in [9.17, 15) is 13.6 Å². The summed E-state index contributed by atoms with van der Waals surface area (Å²) >= 11 is 0. The van der Waals surface area contributed by atoms with Gasteiger partial charge in [-0.25, -0.2) is 8.78 Å². The Morgan fingerprint density at radius 1 is 0.913 bits per heavy atom. The predicted octanol–water partition coefficient (Wildman–Crippen LogP) is 4.96. The number of carbonyl (C=O) groups is 1. The average Bonchev–Trinajstić information content (AvgIpc) is 2.52. The standard InChI is InChI=1S/C20H22F2O/c1-14-5-7-17(12-19(14)21)10-16(4-3-9-23)11-18-8-6-15(2)20(22)13-18/h5-9,12-13,16H,3-4,10-11H2,1-2H3. The Morgan fingerprint density at radius 3 is 1.78 bits per heavy atom. The second-order valence-corrected chi connectivity index (χ2v) is 6.19. The molecular weight excluding hydrogens is 294 g/mol. The van der Waals surface area contributed by atoms with Gasteiger partial charge in [0.1, 0.15) is 17.9 Å². The van der Waals surface area contributed by atoms with Crippen LogP contribution in [0.15, 0.2) is 36.4 Å². The molecule has 0 spiro atoms. The minimum Gasteiger partial charge on any atom is -0.303 e. The number of aldehydes is 1. The van der Waals surface area contributed by atoms with Crippen molar-refractivity contribution in [3.05, 3.63) is 70.3 Å². The van der Waals surface area contributed by atoms with Crippen LogP contribution in [0.2, 0.25) is 0 Å². The summed E-state index contributed by atoms with van der Waals surface area (Å²) in [5.74, 6) is -0.236. The molecule has 1 nitrogen and oxygen atoms in total. The molecule has 2 rings (SSSR count). The molecule has 0 aromatic heterocycles. The maximum absolute atomic E-state index is 13.7. The van der Waals surface area contributed by atoms with E-state index >= 15 is 0 Å². The number of aryl methyl sites for hydroxylation is 2. The Morgan fingerprint density at radius 2 is 1.39 bits per heavy atom. The van der Waals surface area contributed by atoms with E-state index in [4.69, 9.17) is 0 Å². The first-order chi connectivity index (χ1) is 11.0. The van der Waals surface area contributed by atoms with Gasteiger partial charge in [-0.05, 0) is 73.4 Å². The van der Waals surface area contributed by atoms with Crippen molar-refractivity contribution in [2.24, 2.45) is 5.92 Å². The van der Waals surface area contributed by atoms with Crippen LogP contribution in [-0.2, 0) is 17.6 Å². The van der Waals surface area contributed by atoms with Crippen LogP contribution in [0.25, 0.3) is 0 Å². The maximum atomic E-state index is 13.7. The third-order valence-electron chi connectivity index (χ3n) is 4.21. The highest BCUT2D eigenvalue weighted by Gasteiger charge is 2.13. The zero-order chi connectivity index (χ0) is 16.8. The fourth-order valence-electron chi connectivity index (χ4n) is 2.77. The smallest absolute Gasteiger partial charge is 0.126 e. The molecule has 0 bridgehead atoms. The molecule has 0 heterocycles. The second kappa shape index (κ2) is 8.00. The molecule has 2 aromatic rings. The molecule has 0 aliphatic carbocycles. The van der Waals surface area contributed by atoms with Crippen molar-refractivity contribution in [2.45, 2.75) is 39.5 Å². The van der Waals surface area contributed by atoms with E-state index in [1.165, 1.54) is 0 Å². The summed E-state index contributed by atoms with van der Waals surface area (Å²) in [5, 5.41) is 0. The summed E-state index contributed by atoms with van der Waals surface area (Å²) in [7, 11) is 0. The average molecular weight is 316 g/mol. The lowest BCUT2D eigenvalue weighted by atomic mass is 9.88. The van der Waals surface area contributed by atoms with Crippen molar-refractivity contribution < 1.29 is 13.6 Å². The summed E-state index contributed by atoms with van der Waals surface area (Å²) in [6, 6.07) is 10.5. The van der Waals surface area contributed by atoms with Gasteiger partial charge in [0, 0.05) is 6.42 Å². The van der Waals surface area contributed by atoms with Crippen LogP contribution < -0.4 is 0 Å². The Kier molecular flexibility index (Phi) is 6.03. The number of benzene rings is 2. The third kappa shape index (κ3) is 4.98. The maximum Gasteiger partial charge on any atom is 0.126 e. The van der Waals surface area contributed by atoms with Crippen molar-refractivity contribution >= 4 is 6.29 Å². The van der Waals surface area contributed by atoms with Crippen molar-refractivity contribution in [3.63, 3.8) is 0 Å². The van der Waals surface area contributed by atoms with Gasteiger partial charge in [-0.15, -0.1) is 0 Å². The summed E-state index contributed by atoms with van der Waals surface area (Å²) in [5.41, 5.74) is 3.07. The molecule has 0 aliphatic rings. The van der Waals surface area contributed by atoms with Crippen LogP contribution in [0.4, 0.5) is 8.78 Å². The largest absolute Gasteiger partial charge is 0.303 e. The van der Waals surface area contributed by atoms with E-state index in [2.05, 4.69) is 0 Å². The Balaban J connectivity index is 2.13. The number of hydrogen-bond acceptors (Lipinski definition) is 1. The number of halogens is 2. The molecule has 0 unspecified atom stereocenters. The van der Waals surface area contributed by atoms with E-state index in [1.54, 1.807) is 38.1 Å². The van der Waals surface area contributed by atoms with Gasteiger partial charge in [0.2, 0.25) is 0 Å². The van der Waals surface area contributed by atoms with Gasteiger partial charge in [-0.3, -0.25) is 0 Å². The summed E-state index contributed by atoms with van der Waals surface area (Å²) < 4.78 is 27.4. The lowest BCUT2D eigenvalue weighted by molar-refractivity contribution is -0.108. The van der Waals surface area contributed by atoms with Gasteiger partial charge in [-0.2, -0.15) is 0 Å². The Hall–Kier alpha value is -2.03. The molecular formula is C20H22F2O. The molecule has 3 heteroatoms. The number of rotatable bonds is 7. The first-order valence-electron chi connectivity index (χ1n) is 7.93. The highest BCUT2D eigenvalue weighted by atomic mass is 19.1. The molecule has 0 amide bonds. The van der Waals surface area contributed by atoms with Crippen LogP contribution in [-0.4, -0.2) is 6.29 Å². The quantitative estimate of drug-likeness (QED) is 0.660. The van der Waals surface area contributed by atoms with Crippen LogP contribution in [0, 0.1) is 31.4 Å². The normalized spacial score (nSPS) is 11.0. The fraction of sp³-hybridized carbons (Fsp3) is 0.350. The highest BCUT2D eigenvalue weighted by Crippen LogP contribution is 2.22. The van der Waals surface area contributed by atoms with Gasteiger partial charge in [-0.1, -0.05) is 24.3 Å². The lowest BCUT2D eigenvalue weighted by Crippen LogP contribution is -2.10. The Labute approximate surface area is 136 Å². The first kappa shape index (κ1) is 17.3.